The number of hydrogen-bond acceptors (Lipinski definition) is 1. The van der Waals surface area contributed by atoms with Gasteiger partial charge in [-0.15, -0.1) is 0 Å². The molecule has 0 saturated heterocycles. The molecule has 1 aromatic rings. The highest BCUT2D eigenvalue weighted by Crippen LogP contribution is 2.65. The molecule has 2 aliphatic rings. The van der Waals surface area contributed by atoms with Crippen LogP contribution >= 0.6 is 0 Å². The zero-order chi connectivity index (χ0) is 10.4. The van der Waals surface area contributed by atoms with Gasteiger partial charge in [-0.1, -0.05) is 19.4 Å². The monoisotopic (exact) mass is 201 g/mol. The van der Waals surface area contributed by atoms with Crippen LogP contribution in [0.4, 0.5) is 0 Å². The lowest BCUT2D eigenvalue weighted by Gasteiger charge is -2.61. The highest BCUT2D eigenvalue weighted by atomic mass is 14.7. The van der Waals surface area contributed by atoms with Crippen LogP contribution in [0.3, 0.4) is 0 Å². The summed E-state index contributed by atoms with van der Waals surface area (Å²) in [5.74, 6) is 0. The van der Waals surface area contributed by atoms with Crippen LogP contribution in [0.5, 0.6) is 0 Å². The SMILES string of the molecule is CCC1(c2ccccn2)CC2(CCC2)C1. The van der Waals surface area contributed by atoms with Crippen LogP contribution in [0, 0.1) is 5.41 Å². The minimum Gasteiger partial charge on any atom is -0.261 e. The molecule has 0 aromatic carbocycles. The van der Waals surface area contributed by atoms with Crippen molar-refractivity contribution in [1.29, 1.82) is 0 Å². The highest BCUT2D eigenvalue weighted by molar-refractivity contribution is 5.25. The van der Waals surface area contributed by atoms with E-state index in [1.807, 2.05) is 12.3 Å². The summed E-state index contributed by atoms with van der Waals surface area (Å²) in [6, 6.07) is 6.37. The van der Waals surface area contributed by atoms with E-state index >= 15 is 0 Å². The minimum absolute atomic E-state index is 0.432. The standard InChI is InChI=1S/C14H19N/c1-2-14(12-6-3-4-9-15-12)10-13(11-14)7-5-8-13/h3-4,6,9H,2,5,7-8,10-11H2,1H3. The van der Waals surface area contributed by atoms with E-state index < -0.39 is 0 Å². The van der Waals surface area contributed by atoms with Gasteiger partial charge in [0.25, 0.3) is 0 Å². The number of rotatable bonds is 2. The van der Waals surface area contributed by atoms with E-state index in [2.05, 4.69) is 24.0 Å². The molecule has 0 unspecified atom stereocenters. The van der Waals surface area contributed by atoms with Crippen molar-refractivity contribution in [3.63, 3.8) is 0 Å². The van der Waals surface area contributed by atoms with Crippen molar-refractivity contribution >= 4 is 0 Å². The van der Waals surface area contributed by atoms with E-state index in [0.717, 1.165) is 5.41 Å². The van der Waals surface area contributed by atoms with Gasteiger partial charge in [0.1, 0.15) is 0 Å². The van der Waals surface area contributed by atoms with E-state index in [-0.39, 0.29) is 0 Å². The Morgan fingerprint density at radius 3 is 2.53 bits per heavy atom. The van der Waals surface area contributed by atoms with Crippen molar-refractivity contribution in [2.24, 2.45) is 5.41 Å². The van der Waals surface area contributed by atoms with Crippen molar-refractivity contribution in [2.75, 3.05) is 0 Å². The van der Waals surface area contributed by atoms with Crippen molar-refractivity contribution in [3.05, 3.63) is 30.1 Å². The van der Waals surface area contributed by atoms with Crippen LogP contribution < -0.4 is 0 Å². The van der Waals surface area contributed by atoms with Gasteiger partial charge in [0.15, 0.2) is 0 Å². The van der Waals surface area contributed by atoms with Crippen molar-refractivity contribution in [2.45, 2.75) is 50.9 Å². The first-order valence-corrected chi connectivity index (χ1v) is 6.20. The third-order valence-corrected chi connectivity index (χ3v) is 4.73. The first kappa shape index (κ1) is 9.38. The predicted octanol–water partition coefficient (Wildman–Crippen LogP) is 3.69. The lowest BCUT2D eigenvalue weighted by atomic mass is 9.44. The summed E-state index contributed by atoms with van der Waals surface area (Å²) in [5.41, 5.74) is 2.51. The topological polar surface area (TPSA) is 12.9 Å². The maximum Gasteiger partial charge on any atom is 0.0465 e. The summed E-state index contributed by atoms with van der Waals surface area (Å²) in [6.45, 7) is 2.32. The zero-order valence-corrected chi connectivity index (χ0v) is 9.50. The molecule has 2 fully saturated rings. The second-order valence-electron chi connectivity index (χ2n) is 5.56. The van der Waals surface area contributed by atoms with Gasteiger partial charge in [-0.05, 0) is 49.7 Å². The Morgan fingerprint density at radius 1 is 1.27 bits per heavy atom. The molecule has 2 aliphatic carbocycles. The third-order valence-electron chi connectivity index (χ3n) is 4.73. The smallest absolute Gasteiger partial charge is 0.0465 e. The van der Waals surface area contributed by atoms with Gasteiger partial charge in [-0.25, -0.2) is 0 Å². The van der Waals surface area contributed by atoms with Crippen LogP contribution in [-0.2, 0) is 5.41 Å². The lowest BCUT2D eigenvalue weighted by Crippen LogP contribution is -2.53. The summed E-state index contributed by atoms with van der Waals surface area (Å²) < 4.78 is 0. The maximum absolute atomic E-state index is 4.57. The molecule has 0 amide bonds. The van der Waals surface area contributed by atoms with Crippen LogP contribution in [0.15, 0.2) is 24.4 Å². The summed E-state index contributed by atoms with van der Waals surface area (Å²) in [5, 5.41) is 0. The second-order valence-corrected chi connectivity index (χ2v) is 5.56. The van der Waals surface area contributed by atoms with Gasteiger partial charge >= 0.3 is 0 Å². The van der Waals surface area contributed by atoms with E-state index in [4.69, 9.17) is 0 Å². The molecule has 0 bridgehead atoms. The molecule has 0 aliphatic heterocycles. The Labute approximate surface area is 91.9 Å². The van der Waals surface area contributed by atoms with Crippen LogP contribution in [0.25, 0.3) is 0 Å². The Bertz CT molecular complexity index is 343. The molecule has 15 heavy (non-hydrogen) atoms. The molecule has 2 saturated carbocycles. The van der Waals surface area contributed by atoms with Gasteiger partial charge in [0.2, 0.25) is 0 Å². The van der Waals surface area contributed by atoms with Crippen LogP contribution in [0.2, 0.25) is 0 Å². The van der Waals surface area contributed by atoms with E-state index in [9.17, 15) is 0 Å². The second kappa shape index (κ2) is 3.07. The number of hydrogen-bond donors (Lipinski definition) is 0. The number of aromatic nitrogens is 1. The first-order chi connectivity index (χ1) is 7.29. The van der Waals surface area contributed by atoms with Crippen molar-refractivity contribution in [1.82, 2.24) is 4.98 Å². The Balaban J connectivity index is 1.84. The highest BCUT2D eigenvalue weighted by Gasteiger charge is 2.57. The summed E-state index contributed by atoms with van der Waals surface area (Å²) in [6.07, 6.45) is 10.4. The van der Waals surface area contributed by atoms with Gasteiger partial charge in [0, 0.05) is 17.3 Å². The van der Waals surface area contributed by atoms with Gasteiger partial charge in [-0.2, -0.15) is 0 Å². The average molecular weight is 201 g/mol. The quantitative estimate of drug-likeness (QED) is 0.711. The Kier molecular flexibility index (Phi) is 1.92. The van der Waals surface area contributed by atoms with Crippen LogP contribution in [0.1, 0.15) is 51.1 Å². The molecule has 0 N–H and O–H groups in total. The zero-order valence-electron chi connectivity index (χ0n) is 9.50. The number of nitrogens with zero attached hydrogens (tertiary/aromatic N) is 1. The molecular weight excluding hydrogens is 182 g/mol. The summed E-state index contributed by atoms with van der Waals surface area (Å²) in [4.78, 5) is 4.57. The van der Waals surface area contributed by atoms with Gasteiger partial charge < -0.3 is 0 Å². The molecule has 1 spiro atoms. The van der Waals surface area contributed by atoms with Crippen LogP contribution in [-0.4, -0.2) is 4.98 Å². The predicted molar refractivity (Wildman–Crippen MR) is 61.7 cm³/mol. The maximum atomic E-state index is 4.57. The Hall–Kier alpha value is -0.850. The number of pyridine rings is 1. The average Bonchev–Trinajstić information content (AvgIpc) is 2.17. The third kappa shape index (κ3) is 1.25. The minimum atomic E-state index is 0.432. The fourth-order valence-corrected chi connectivity index (χ4v) is 3.70. The van der Waals surface area contributed by atoms with Crippen molar-refractivity contribution in [3.8, 4) is 0 Å². The molecule has 0 radical (unpaired) electrons. The molecular formula is C14H19N. The fraction of sp³-hybridized carbons (Fsp3) is 0.643. The molecule has 80 valence electrons. The normalized spacial score (nSPS) is 25.7. The Morgan fingerprint density at radius 2 is 2.07 bits per heavy atom. The lowest BCUT2D eigenvalue weighted by molar-refractivity contribution is -0.0528. The molecule has 0 atom stereocenters. The molecule has 1 nitrogen and oxygen atoms in total. The molecule has 3 rings (SSSR count). The largest absolute Gasteiger partial charge is 0.261 e. The fourth-order valence-electron chi connectivity index (χ4n) is 3.70. The molecule has 1 heteroatoms. The van der Waals surface area contributed by atoms with E-state index in [1.165, 1.54) is 44.2 Å². The van der Waals surface area contributed by atoms with E-state index in [1.54, 1.807) is 0 Å². The van der Waals surface area contributed by atoms with Gasteiger partial charge in [0.05, 0.1) is 0 Å². The molecule has 1 heterocycles. The first-order valence-electron chi connectivity index (χ1n) is 6.20. The summed E-state index contributed by atoms with van der Waals surface area (Å²) >= 11 is 0. The van der Waals surface area contributed by atoms with Crippen molar-refractivity contribution < 1.29 is 0 Å². The molecule has 1 aromatic heterocycles. The van der Waals surface area contributed by atoms with E-state index in [0.29, 0.717) is 5.41 Å². The van der Waals surface area contributed by atoms with Gasteiger partial charge in [-0.3, -0.25) is 4.98 Å². The summed E-state index contributed by atoms with van der Waals surface area (Å²) in [7, 11) is 0.